The Morgan fingerprint density at radius 1 is 1.35 bits per heavy atom. The van der Waals surface area contributed by atoms with Crippen molar-refractivity contribution in [1.29, 1.82) is 0 Å². The monoisotopic (exact) mass is 299 g/mol. The van der Waals surface area contributed by atoms with Gasteiger partial charge in [-0.05, 0) is 49.5 Å². The molecule has 2 heterocycles. The number of halogens is 1. The van der Waals surface area contributed by atoms with E-state index in [0.717, 1.165) is 31.5 Å². The number of nitrogens with one attached hydrogen (secondary N) is 1. The second-order valence-electron chi connectivity index (χ2n) is 5.53. The van der Waals surface area contributed by atoms with Gasteiger partial charge in [-0.2, -0.15) is 0 Å². The summed E-state index contributed by atoms with van der Waals surface area (Å²) in [6.45, 7) is 2.27. The Kier molecular flexibility index (Phi) is 3.79. The van der Waals surface area contributed by atoms with Crippen LogP contribution in [0.25, 0.3) is 0 Å². The number of hydrogen-bond donors (Lipinski definition) is 1. The Balaban J connectivity index is 1.80. The summed E-state index contributed by atoms with van der Waals surface area (Å²) in [7, 11) is -3.59. The summed E-state index contributed by atoms with van der Waals surface area (Å²) in [6.07, 6.45) is 1.87. The molecule has 0 bridgehead atoms. The summed E-state index contributed by atoms with van der Waals surface area (Å²) in [5.41, 5.74) is 0.861. The Labute approximate surface area is 118 Å². The predicted molar refractivity (Wildman–Crippen MR) is 72.9 cm³/mol. The van der Waals surface area contributed by atoms with Crippen molar-refractivity contribution in [2.24, 2.45) is 5.92 Å². The lowest BCUT2D eigenvalue weighted by atomic mass is 9.99. The van der Waals surface area contributed by atoms with Crippen LogP contribution in [0.1, 0.15) is 12.0 Å². The highest BCUT2D eigenvalue weighted by molar-refractivity contribution is 7.92. The van der Waals surface area contributed by atoms with Gasteiger partial charge in [0.15, 0.2) is 9.84 Å². The van der Waals surface area contributed by atoms with Gasteiger partial charge in [0.05, 0.1) is 13.2 Å². The van der Waals surface area contributed by atoms with Crippen molar-refractivity contribution in [1.82, 2.24) is 5.32 Å². The quantitative estimate of drug-likeness (QED) is 0.906. The summed E-state index contributed by atoms with van der Waals surface area (Å²) >= 11 is 0. The summed E-state index contributed by atoms with van der Waals surface area (Å²) in [6, 6.07) is 4.50. The predicted octanol–water partition coefficient (Wildman–Crippen LogP) is 1.15. The Morgan fingerprint density at radius 3 is 2.70 bits per heavy atom. The largest absolute Gasteiger partial charge is 0.379 e. The van der Waals surface area contributed by atoms with E-state index in [1.807, 2.05) is 0 Å². The van der Waals surface area contributed by atoms with E-state index in [9.17, 15) is 12.8 Å². The van der Waals surface area contributed by atoms with Gasteiger partial charge in [0.2, 0.25) is 0 Å². The van der Waals surface area contributed by atoms with E-state index >= 15 is 0 Å². The standard InChI is InChI=1S/C14H18FNO3S/c15-13-6-10(5-11-3-4-16-7-11)1-2-14(13)20(17,18)12-8-19-9-12/h1-2,6,11-12,16H,3-5,7-9H2. The first-order valence-corrected chi connectivity index (χ1v) is 8.43. The summed E-state index contributed by atoms with van der Waals surface area (Å²) < 4.78 is 43.3. The zero-order chi connectivity index (χ0) is 14.2. The first kappa shape index (κ1) is 14.0. The van der Waals surface area contributed by atoms with Crippen molar-refractivity contribution in [3.63, 3.8) is 0 Å². The van der Waals surface area contributed by atoms with Crippen molar-refractivity contribution >= 4 is 9.84 Å². The molecular weight excluding hydrogens is 281 g/mol. The topological polar surface area (TPSA) is 55.4 Å². The second-order valence-corrected chi connectivity index (χ2v) is 7.73. The Hall–Kier alpha value is -0.980. The molecule has 6 heteroatoms. The minimum atomic E-state index is -3.59. The zero-order valence-electron chi connectivity index (χ0n) is 11.1. The molecule has 4 nitrogen and oxygen atoms in total. The minimum absolute atomic E-state index is 0.164. The van der Waals surface area contributed by atoms with Gasteiger partial charge >= 0.3 is 0 Å². The van der Waals surface area contributed by atoms with Crippen LogP contribution in [0.15, 0.2) is 23.1 Å². The van der Waals surface area contributed by atoms with Gasteiger partial charge in [-0.1, -0.05) is 6.07 Å². The third-order valence-corrected chi connectivity index (χ3v) is 6.13. The van der Waals surface area contributed by atoms with Crippen molar-refractivity contribution < 1.29 is 17.5 Å². The molecule has 1 atom stereocenters. The lowest BCUT2D eigenvalue weighted by Gasteiger charge is -2.25. The molecule has 2 aliphatic heterocycles. The van der Waals surface area contributed by atoms with E-state index in [1.54, 1.807) is 6.07 Å². The highest BCUT2D eigenvalue weighted by Crippen LogP contribution is 2.25. The van der Waals surface area contributed by atoms with Crippen LogP contribution in [0.5, 0.6) is 0 Å². The smallest absolute Gasteiger partial charge is 0.188 e. The summed E-state index contributed by atoms with van der Waals surface area (Å²) in [5, 5.41) is 2.67. The molecule has 2 fully saturated rings. The summed E-state index contributed by atoms with van der Waals surface area (Å²) in [4.78, 5) is -0.195. The average Bonchev–Trinajstić information content (AvgIpc) is 2.78. The lowest BCUT2D eigenvalue weighted by Crippen LogP contribution is -2.40. The van der Waals surface area contributed by atoms with Crippen LogP contribution >= 0.6 is 0 Å². The van der Waals surface area contributed by atoms with Gasteiger partial charge in [-0.3, -0.25) is 0 Å². The SMILES string of the molecule is O=S(=O)(c1ccc(CC2CCNC2)cc1F)C1COC1. The fraction of sp³-hybridized carbons (Fsp3) is 0.571. The lowest BCUT2D eigenvalue weighted by molar-refractivity contribution is 0.0415. The van der Waals surface area contributed by atoms with Gasteiger partial charge in [-0.25, -0.2) is 12.8 Å². The van der Waals surface area contributed by atoms with Crippen molar-refractivity contribution in [3.8, 4) is 0 Å². The van der Waals surface area contributed by atoms with Gasteiger partial charge in [0.1, 0.15) is 16.0 Å². The fourth-order valence-corrected chi connectivity index (χ4v) is 4.20. The molecule has 0 amide bonds. The Morgan fingerprint density at radius 2 is 2.15 bits per heavy atom. The van der Waals surface area contributed by atoms with Crippen LogP contribution in [0.2, 0.25) is 0 Å². The maximum absolute atomic E-state index is 14.1. The van der Waals surface area contributed by atoms with Crippen molar-refractivity contribution in [2.45, 2.75) is 23.0 Å². The van der Waals surface area contributed by atoms with E-state index < -0.39 is 20.9 Å². The number of rotatable bonds is 4. The molecule has 1 unspecified atom stereocenters. The summed E-state index contributed by atoms with van der Waals surface area (Å²) in [5.74, 6) is -0.128. The van der Waals surface area contributed by atoms with E-state index in [4.69, 9.17) is 4.74 Å². The van der Waals surface area contributed by atoms with Crippen LogP contribution < -0.4 is 5.32 Å². The third kappa shape index (κ3) is 2.60. The first-order chi connectivity index (χ1) is 9.57. The molecule has 20 heavy (non-hydrogen) atoms. The maximum atomic E-state index is 14.1. The zero-order valence-corrected chi connectivity index (χ0v) is 12.0. The first-order valence-electron chi connectivity index (χ1n) is 6.88. The molecule has 3 rings (SSSR count). The molecule has 2 aliphatic rings. The molecule has 0 spiro atoms. The molecule has 2 saturated heterocycles. The number of benzene rings is 1. The van der Waals surface area contributed by atoms with Crippen LogP contribution in [-0.2, 0) is 21.0 Å². The molecule has 1 aromatic rings. The van der Waals surface area contributed by atoms with Crippen molar-refractivity contribution in [2.75, 3.05) is 26.3 Å². The Bertz CT molecular complexity index is 592. The molecule has 0 aliphatic carbocycles. The molecular formula is C14H18FNO3S. The third-order valence-electron chi connectivity index (χ3n) is 4.04. The number of sulfone groups is 1. The molecule has 110 valence electrons. The van der Waals surface area contributed by atoms with Crippen LogP contribution in [0, 0.1) is 11.7 Å². The molecule has 0 aromatic heterocycles. The normalized spacial score (nSPS) is 23.8. The van der Waals surface area contributed by atoms with Crippen LogP contribution in [0.4, 0.5) is 4.39 Å². The van der Waals surface area contributed by atoms with E-state index in [-0.39, 0.29) is 18.1 Å². The molecule has 0 saturated carbocycles. The highest BCUT2D eigenvalue weighted by atomic mass is 32.2. The van der Waals surface area contributed by atoms with E-state index in [2.05, 4.69) is 5.32 Å². The minimum Gasteiger partial charge on any atom is -0.379 e. The van der Waals surface area contributed by atoms with Gasteiger partial charge < -0.3 is 10.1 Å². The average molecular weight is 299 g/mol. The van der Waals surface area contributed by atoms with E-state index in [1.165, 1.54) is 12.1 Å². The second kappa shape index (κ2) is 5.42. The highest BCUT2D eigenvalue weighted by Gasteiger charge is 2.35. The number of hydrogen-bond acceptors (Lipinski definition) is 4. The molecule has 0 radical (unpaired) electrons. The van der Waals surface area contributed by atoms with Gasteiger partial charge in [-0.15, -0.1) is 0 Å². The van der Waals surface area contributed by atoms with Crippen LogP contribution in [0.3, 0.4) is 0 Å². The van der Waals surface area contributed by atoms with Gasteiger partial charge in [0, 0.05) is 0 Å². The van der Waals surface area contributed by atoms with Crippen LogP contribution in [-0.4, -0.2) is 40.0 Å². The number of ether oxygens (including phenoxy) is 1. The van der Waals surface area contributed by atoms with Gasteiger partial charge in [0.25, 0.3) is 0 Å². The molecule has 1 aromatic carbocycles. The van der Waals surface area contributed by atoms with E-state index in [0.29, 0.717) is 5.92 Å². The fourth-order valence-electron chi connectivity index (χ4n) is 2.70. The van der Waals surface area contributed by atoms with Crippen molar-refractivity contribution in [3.05, 3.63) is 29.6 Å². The maximum Gasteiger partial charge on any atom is 0.188 e. The molecule has 1 N–H and O–H groups in total.